The number of aromatic nitrogens is 1. The summed E-state index contributed by atoms with van der Waals surface area (Å²) in [6.07, 6.45) is 9.75. The molecule has 4 saturated carbocycles. The Morgan fingerprint density at radius 2 is 1.73 bits per heavy atom. The Kier molecular flexibility index (Phi) is 4.28. The Hall–Kier alpha value is -2.20. The SMILES string of the molecule is O=C(N1CCN(Cc2ccncc2)CC1)C12CC3CC1CC(c1ccccc1)(C3)C2. The number of nitrogens with zero attached hydrogens (tertiary/aromatic N) is 3. The van der Waals surface area contributed by atoms with Gasteiger partial charge in [0.1, 0.15) is 0 Å². The number of carbonyl (C=O) groups is 1. The van der Waals surface area contributed by atoms with Crippen molar-refractivity contribution in [1.29, 1.82) is 0 Å². The lowest BCUT2D eigenvalue weighted by atomic mass is 9.63. The second kappa shape index (κ2) is 6.91. The second-order valence-electron chi connectivity index (χ2n) is 10.3. The van der Waals surface area contributed by atoms with Crippen LogP contribution in [0.15, 0.2) is 54.9 Å². The Labute approximate surface area is 179 Å². The maximum Gasteiger partial charge on any atom is 0.229 e. The Morgan fingerprint density at radius 3 is 2.50 bits per heavy atom. The first kappa shape index (κ1) is 18.6. The highest BCUT2D eigenvalue weighted by Crippen LogP contribution is 2.71. The van der Waals surface area contributed by atoms with Crippen molar-refractivity contribution in [1.82, 2.24) is 14.8 Å². The van der Waals surface area contributed by atoms with Gasteiger partial charge in [-0.2, -0.15) is 0 Å². The zero-order valence-corrected chi connectivity index (χ0v) is 17.7. The van der Waals surface area contributed by atoms with Crippen LogP contribution in [0.25, 0.3) is 0 Å². The lowest BCUT2D eigenvalue weighted by Gasteiger charge is -2.43. The molecule has 0 N–H and O–H groups in total. The smallest absolute Gasteiger partial charge is 0.229 e. The number of benzene rings is 1. The summed E-state index contributed by atoms with van der Waals surface area (Å²) in [6, 6.07) is 15.3. The van der Waals surface area contributed by atoms with E-state index >= 15 is 0 Å². The minimum atomic E-state index is -0.0774. The molecule has 5 fully saturated rings. The van der Waals surface area contributed by atoms with E-state index < -0.39 is 0 Å². The van der Waals surface area contributed by atoms with E-state index in [-0.39, 0.29) is 10.8 Å². The van der Waals surface area contributed by atoms with Crippen LogP contribution in [0.1, 0.15) is 43.2 Å². The van der Waals surface area contributed by atoms with Gasteiger partial charge in [-0.25, -0.2) is 0 Å². The molecule has 0 radical (unpaired) electrons. The van der Waals surface area contributed by atoms with Gasteiger partial charge in [-0.1, -0.05) is 30.3 Å². The minimum Gasteiger partial charge on any atom is -0.340 e. The van der Waals surface area contributed by atoms with Gasteiger partial charge in [0.2, 0.25) is 5.91 Å². The number of hydrogen-bond donors (Lipinski definition) is 0. The highest BCUT2D eigenvalue weighted by Gasteiger charge is 2.67. The summed E-state index contributed by atoms with van der Waals surface area (Å²) in [6.45, 7) is 4.66. The Morgan fingerprint density at radius 1 is 0.967 bits per heavy atom. The van der Waals surface area contributed by atoms with Crippen LogP contribution in [0, 0.1) is 17.3 Å². The number of piperazine rings is 1. The summed E-state index contributed by atoms with van der Waals surface area (Å²) < 4.78 is 0. The molecule has 30 heavy (non-hydrogen) atoms. The largest absolute Gasteiger partial charge is 0.340 e. The lowest BCUT2D eigenvalue weighted by molar-refractivity contribution is -0.146. The fourth-order valence-corrected chi connectivity index (χ4v) is 7.54. The number of amides is 1. The van der Waals surface area contributed by atoms with Crippen molar-refractivity contribution in [2.24, 2.45) is 17.3 Å². The summed E-state index contributed by atoms with van der Waals surface area (Å²) in [4.78, 5) is 22.7. The third-order valence-corrected chi connectivity index (χ3v) is 8.65. The van der Waals surface area contributed by atoms with E-state index in [0.717, 1.165) is 51.5 Å². The summed E-state index contributed by atoms with van der Waals surface area (Å²) in [5, 5.41) is 0. The van der Waals surface area contributed by atoms with Crippen molar-refractivity contribution < 1.29 is 4.79 Å². The highest BCUT2D eigenvalue weighted by molar-refractivity contribution is 5.85. The van der Waals surface area contributed by atoms with Crippen LogP contribution in [-0.4, -0.2) is 46.9 Å². The maximum atomic E-state index is 13.9. The van der Waals surface area contributed by atoms with Crippen LogP contribution >= 0.6 is 0 Å². The van der Waals surface area contributed by atoms with Gasteiger partial charge < -0.3 is 4.90 Å². The maximum absolute atomic E-state index is 13.9. The van der Waals surface area contributed by atoms with E-state index in [2.05, 4.69) is 57.2 Å². The third kappa shape index (κ3) is 2.84. The van der Waals surface area contributed by atoms with Crippen LogP contribution in [0.3, 0.4) is 0 Å². The first-order valence-electron chi connectivity index (χ1n) is 11.6. The van der Waals surface area contributed by atoms with Gasteiger partial charge in [-0.05, 0) is 72.6 Å². The highest BCUT2D eigenvalue weighted by atomic mass is 16.2. The molecular weight excluding hydrogens is 370 g/mol. The summed E-state index contributed by atoms with van der Waals surface area (Å²) in [5.41, 5.74) is 2.97. The zero-order chi connectivity index (χ0) is 20.2. The number of rotatable bonds is 4. The van der Waals surface area contributed by atoms with Crippen LogP contribution in [0.5, 0.6) is 0 Å². The zero-order valence-electron chi connectivity index (χ0n) is 17.7. The summed E-state index contributed by atoms with van der Waals surface area (Å²) in [7, 11) is 0. The molecule has 0 spiro atoms. The van der Waals surface area contributed by atoms with Gasteiger partial charge >= 0.3 is 0 Å². The summed E-state index contributed by atoms with van der Waals surface area (Å²) in [5.74, 6) is 1.82. The molecule has 1 aromatic heterocycles. The van der Waals surface area contributed by atoms with Crippen molar-refractivity contribution in [2.75, 3.05) is 26.2 Å². The van der Waals surface area contributed by atoms with Gasteiger partial charge in [-0.3, -0.25) is 14.7 Å². The standard InChI is InChI=1S/C26H31N3O/c30-24(29-12-10-28(11-13-29)18-20-6-8-27-9-7-20)26-16-21-14-23(26)17-25(15-21,19-26)22-4-2-1-3-5-22/h1-9,21,23H,10-19H2. The molecule has 156 valence electrons. The monoisotopic (exact) mass is 401 g/mol. The molecule has 4 aliphatic carbocycles. The van der Waals surface area contributed by atoms with Crippen LogP contribution in [0.4, 0.5) is 0 Å². The average molecular weight is 402 g/mol. The van der Waals surface area contributed by atoms with Gasteiger partial charge in [0.15, 0.2) is 0 Å². The second-order valence-corrected chi connectivity index (χ2v) is 10.3. The molecule has 1 amide bonds. The predicted molar refractivity (Wildman–Crippen MR) is 117 cm³/mol. The molecule has 4 atom stereocenters. The van der Waals surface area contributed by atoms with Crippen molar-refractivity contribution in [3.63, 3.8) is 0 Å². The summed E-state index contributed by atoms with van der Waals surface area (Å²) >= 11 is 0. The van der Waals surface area contributed by atoms with Crippen molar-refractivity contribution in [3.05, 3.63) is 66.0 Å². The van der Waals surface area contributed by atoms with Gasteiger partial charge in [0.05, 0.1) is 5.41 Å². The van der Waals surface area contributed by atoms with Crippen LogP contribution < -0.4 is 0 Å². The lowest BCUT2D eigenvalue weighted by Crippen LogP contribution is -2.53. The van der Waals surface area contributed by atoms with E-state index in [1.807, 2.05) is 12.4 Å². The van der Waals surface area contributed by atoms with Crippen molar-refractivity contribution in [2.45, 2.75) is 44.1 Å². The minimum absolute atomic E-state index is 0.0774. The molecule has 4 unspecified atom stereocenters. The molecule has 2 aromatic rings. The first-order chi connectivity index (χ1) is 14.7. The van der Waals surface area contributed by atoms with E-state index in [1.54, 1.807) is 0 Å². The average Bonchev–Trinajstić information content (AvgIpc) is 3.18. The molecule has 4 heteroatoms. The van der Waals surface area contributed by atoms with E-state index in [4.69, 9.17) is 0 Å². The topological polar surface area (TPSA) is 36.4 Å². The van der Waals surface area contributed by atoms with E-state index in [1.165, 1.54) is 30.4 Å². The fraction of sp³-hybridized carbons (Fsp3) is 0.538. The molecular formula is C26H31N3O. The van der Waals surface area contributed by atoms with Crippen LogP contribution in [-0.2, 0) is 16.8 Å². The molecule has 2 heterocycles. The fourth-order valence-electron chi connectivity index (χ4n) is 7.54. The quantitative estimate of drug-likeness (QED) is 0.780. The molecule has 1 saturated heterocycles. The van der Waals surface area contributed by atoms with Gasteiger partial charge in [0, 0.05) is 45.1 Å². The molecule has 1 aromatic carbocycles. The van der Waals surface area contributed by atoms with E-state index in [0.29, 0.717) is 11.8 Å². The predicted octanol–water partition coefficient (Wildman–Crippen LogP) is 3.87. The molecule has 7 rings (SSSR count). The Bertz CT molecular complexity index is 924. The number of carbonyl (C=O) groups excluding carboxylic acids is 1. The normalized spacial score (nSPS) is 35.1. The molecule has 4 nitrogen and oxygen atoms in total. The molecule has 4 bridgehead atoms. The van der Waals surface area contributed by atoms with Crippen molar-refractivity contribution >= 4 is 5.91 Å². The van der Waals surface area contributed by atoms with Crippen LogP contribution in [0.2, 0.25) is 0 Å². The third-order valence-electron chi connectivity index (χ3n) is 8.65. The van der Waals surface area contributed by atoms with E-state index in [9.17, 15) is 4.79 Å². The number of hydrogen-bond acceptors (Lipinski definition) is 3. The number of pyridine rings is 1. The first-order valence-corrected chi connectivity index (χ1v) is 11.6. The van der Waals surface area contributed by atoms with Gasteiger partial charge in [0.25, 0.3) is 0 Å². The molecule has 5 aliphatic rings. The Balaban J connectivity index is 1.17. The molecule has 1 aliphatic heterocycles. The van der Waals surface area contributed by atoms with Gasteiger partial charge in [-0.15, -0.1) is 0 Å². The van der Waals surface area contributed by atoms with Crippen molar-refractivity contribution in [3.8, 4) is 0 Å².